The molecular weight excluding hydrogens is 522 g/mol. The summed E-state index contributed by atoms with van der Waals surface area (Å²) in [7, 11) is 1.86. The van der Waals surface area contributed by atoms with Gasteiger partial charge in [-0.25, -0.2) is 0 Å². The number of likely N-dealkylation sites (tertiary alicyclic amines) is 1. The van der Waals surface area contributed by atoms with E-state index in [4.69, 9.17) is 5.26 Å². The minimum Gasteiger partial charge on any atom is -0.504 e. The van der Waals surface area contributed by atoms with Gasteiger partial charge in [0.15, 0.2) is 11.5 Å². The van der Waals surface area contributed by atoms with Crippen LogP contribution in [-0.2, 0) is 11.2 Å². The highest BCUT2D eigenvalue weighted by atomic mass is 32.2. The second kappa shape index (κ2) is 12.3. The number of carbonyl (C=O) groups excluding carboxylic acids is 1. The third-order valence-corrected chi connectivity index (χ3v) is 9.78. The van der Waals surface area contributed by atoms with Gasteiger partial charge in [-0.15, -0.1) is 0 Å². The maximum Gasteiger partial charge on any atom is 0.246 e. The van der Waals surface area contributed by atoms with Crippen LogP contribution in [0, 0.1) is 22.5 Å². The van der Waals surface area contributed by atoms with E-state index in [1.807, 2.05) is 42.3 Å². The van der Waals surface area contributed by atoms with Gasteiger partial charge in [-0.05, 0) is 123 Å². The molecule has 5 rings (SSSR count). The van der Waals surface area contributed by atoms with Crippen molar-refractivity contribution in [3.05, 3.63) is 59.7 Å². The Morgan fingerprint density at radius 3 is 2.75 bits per heavy atom. The number of likely N-dealkylation sites (N-methyl/N-ethyl adjacent to an activating group) is 1. The fourth-order valence-electron chi connectivity index (χ4n) is 6.71. The van der Waals surface area contributed by atoms with Gasteiger partial charge in [0.1, 0.15) is 5.40 Å². The molecule has 0 bridgehead atoms. The molecule has 2 saturated carbocycles. The molecule has 40 heavy (non-hydrogen) atoms. The highest BCUT2D eigenvalue weighted by molar-refractivity contribution is 8.03. The van der Waals surface area contributed by atoms with Crippen LogP contribution in [-0.4, -0.2) is 68.8 Å². The van der Waals surface area contributed by atoms with Crippen molar-refractivity contribution in [3.63, 3.8) is 0 Å². The first kappa shape index (κ1) is 28.5. The number of fused-ring (bicyclic) bond motifs is 1. The van der Waals surface area contributed by atoms with Crippen molar-refractivity contribution in [1.29, 1.82) is 5.26 Å². The van der Waals surface area contributed by atoms with E-state index in [1.54, 1.807) is 18.2 Å². The van der Waals surface area contributed by atoms with Crippen LogP contribution in [0.25, 0.3) is 6.08 Å². The highest BCUT2D eigenvalue weighted by Gasteiger charge is 2.52. The summed E-state index contributed by atoms with van der Waals surface area (Å²) in [4.78, 5) is 18.3. The number of nitrogens with zero attached hydrogens (tertiary/aromatic N) is 3. The molecule has 8 heteroatoms. The summed E-state index contributed by atoms with van der Waals surface area (Å²) in [6.45, 7) is 1.98. The van der Waals surface area contributed by atoms with E-state index in [9.17, 15) is 20.1 Å². The maximum absolute atomic E-state index is 13.1. The van der Waals surface area contributed by atoms with Gasteiger partial charge in [-0.1, -0.05) is 18.2 Å². The van der Waals surface area contributed by atoms with Crippen LogP contribution in [0.4, 0.5) is 0 Å². The summed E-state index contributed by atoms with van der Waals surface area (Å²) in [6, 6.07) is 12.7. The number of thioether (sulfide) groups is 1. The number of phenolic OH excluding ortho intramolecular Hbond substituents is 2. The molecule has 2 aliphatic carbocycles. The van der Waals surface area contributed by atoms with E-state index >= 15 is 0 Å². The fourth-order valence-corrected chi connectivity index (χ4v) is 7.16. The number of rotatable bonds is 9. The Balaban J connectivity index is 1.25. The molecule has 1 saturated heterocycles. The van der Waals surface area contributed by atoms with Gasteiger partial charge in [0.2, 0.25) is 5.91 Å². The minimum absolute atomic E-state index is 0.0307. The second-order valence-corrected chi connectivity index (χ2v) is 12.6. The lowest BCUT2D eigenvalue weighted by Crippen LogP contribution is -2.64. The average Bonchev–Trinajstić information content (AvgIpc) is 3.77. The summed E-state index contributed by atoms with van der Waals surface area (Å²) >= 11 is 1.10. The molecule has 2 aromatic rings. The van der Waals surface area contributed by atoms with E-state index in [0.29, 0.717) is 6.42 Å². The number of phenols is 2. The van der Waals surface area contributed by atoms with E-state index in [1.165, 1.54) is 18.9 Å². The summed E-state index contributed by atoms with van der Waals surface area (Å²) in [5.41, 5.74) is 1.03. The number of hydrogen-bond donors (Lipinski definition) is 3. The minimum atomic E-state index is -0.804. The zero-order valence-electron chi connectivity index (χ0n) is 23.1. The van der Waals surface area contributed by atoms with Crippen LogP contribution in [0.3, 0.4) is 0 Å². The Morgan fingerprint density at radius 1 is 1.18 bits per heavy atom. The molecule has 7 nitrogen and oxygen atoms in total. The summed E-state index contributed by atoms with van der Waals surface area (Å²) in [6.07, 6.45) is 10.6. The first-order valence-electron chi connectivity index (χ1n) is 14.3. The molecule has 1 aliphatic heterocycles. The lowest BCUT2D eigenvalue weighted by molar-refractivity contribution is -0.157. The number of nitriles is 1. The number of aryl methyl sites for hydroxylation is 1. The Hall–Kier alpha value is -2.99. The highest BCUT2D eigenvalue weighted by Crippen LogP contribution is 2.47. The van der Waals surface area contributed by atoms with E-state index in [0.717, 1.165) is 78.9 Å². The number of amides is 1. The lowest BCUT2D eigenvalue weighted by Gasteiger charge is -2.56. The number of hydrogen-bond acceptors (Lipinski definition) is 7. The standard InChI is InChI=1S/C32H39N3O4S/c1-34(31(38)12-9-22-3-2-4-27(17-22)40-21-33)26-13-15-32(39)25(19-26)14-16-35(20-24-5-6-24)30(32)11-8-23-7-10-28(36)29(37)18-23/h2-4,7,9-10,12,17-18,24-26,30,36-37,39H,5-6,8,11,13-16,19-20H2,1H3/b12-9+/t25?,26?,30-,32?/m1/s1. The van der Waals surface area contributed by atoms with Gasteiger partial charge < -0.3 is 20.2 Å². The number of aromatic hydroxyl groups is 2. The predicted octanol–water partition coefficient (Wildman–Crippen LogP) is 5.16. The topological polar surface area (TPSA) is 108 Å². The maximum atomic E-state index is 13.1. The summed E-state index contributed by atoms with van der Waals surface area (Å²) in [5, 5.41) is 42.9. The third kappa shape index (κ3) is 6.49. The van der Waals surface area contributed by atoms with Gasteiger partial charge >= 0.3 is 0 Å². The van der Waals surface area contributed by atoms with Gasteiger partial charge in [0, 0.05) is 36.6 Å². The van der Waals surface area contributed by atoms with Crippen LogP contribution in [0.5, 0.6) is 11.5 Å². The smallest absolute Gasteiger partial charge is 0.246 e. The molecule has 212 valence electrons. The molecule has 3 aliphatic rings. The third-order valence-electron chi connectivity index (χ3n) is 9.20. The monoisotopic (exact) mass is 561 g/mol. The van der Waals surface area contributed by atoms with Gasteiger partial charge in [0.25, 0.3) is 0 Å². The van der Waals surface area contributed by atoms with Crippen molar-refractivity contribution in [2.75, 3.05) is 20.1 Å². The number of benzene rings is 2. The van der Waals surface area contributed by atoms with Crippen LogP contribution in [0.15, 0.2) is 53.4 Å². The quantitative estimate of drug-likeness (QED) is 0.168. The van der Waals surface area contributed by atoms with E-state index in [-0.39, 0.29) is 35.4 Å². The van der Waals surface area contributed by atoms with E-state index in [2.05, 4.69) is 10.3 Å². The zero-order chi connectivity index (χ0) is 28.3. The van der Waals surface area contributed by atoms with Crippen molar-refractivity contribution in [2.45, 2.75) is 73.9 Å². The van der Waals surface area contributed by atoms with Crippen LogP contribution >= 0.6 is 11.8 Å². The Kier molecular flexibility index (Phi) is 8.74. The molecule has 0 aromatic heterocycles. The Labute approximate surface area is 241 Å². The van der Waals surface area contributed by atoms with Crippen molar-refractivity contribution in [3.8, 4) is 16.9 Å². The van der Waals surface area contributed by atoms with Crippen molar-refractivity contribution >= 4 is 23.7 Å². The lowest BCUT2D eigenvalue weighted by atomic mass is 9.64. The van der Waals surface area contributed by atoms with Gasteiger partial charge in [-0.3, -0.25) is 9.69 Å². The summed E-state index contributed by atoms with van der Waals surface area (Å²) < 4.78 is 0. The fraction of sp³-hybridized carbons (Fsp3) is 0.500. The predicted molar refractivity (Wildman–Crippen MR) is 157 cm³/mol. The molecule has 3 fully saturated rings. The SMILES string of the molecule is CN(C(=O)/C=C/c1cccc(SC#N)c1)C1CCC2(O)C(CCN(CC3CC3)[C@@H]2CCc2ccc(O)c(O)c2)C1. The first-order valence-corrected chi connectivity index (χ1v) is 15.2. The van der Waals surface area contributed by atoms with Crippen LogP contribution in [0.2, 0.25) is 0 Å². The number of carbonyl (C=O) groups is 1. The zero-order valence-corrected chi connectivity index (χ0v) is 23.9. The van der Waals surface area contributed by atoms with Gasteiger partial charge in [0.05, 0.1) is 5.60 Å². The Bertz CT molecular complexity index is 1290. The molecule has 4 atom stereocenters. The molecule has 1 amide bonds. The van der Waals surface area contributed by atoms with Crippen molar-refractivity contribution in [1.82, 2.24) is 9.80 Å². The molecule has 3 unspecified atom stereocenters. The molecule has 1 heterocycles. The van der Waals surface area contributed by atoms with Crippen LogP contribution in [0.1, 0.15) is 56.1 Å². The largest absolute Gasteiger partial charge is 0.504 e. The summed E-state index contributed by atoms with van der Waals surface area (Å²) in [5.74, 6) is 0.575. The molecule has 3 N–H and O–H groups in total. The average molecular weight is 562 g/mol. The number of aliphatic hydroxyl groups is 1. The molecular formula is C32H39N3O4S. The number of thiocyanates is 1. The van der Waals surface area contributed by atoms with E-state index < -0.39 is 5.60 Å². The van der Waals surface area contributed by atoms with Crippen molar-refractivity contribution < 1.29 is 20.1 Å². The number of piperidine rings is 1. The molecule has 0 spiro atoms. The van der Waals surface area contributed by atoms with Gasteiger partial charge in [-0.2, -0.15) is 5.26 Å². The van der Waals surface area contributed by atoms with Crippen molar-refractivity contribution in [2.24, 2.45) is 11.8 Å². The Morgan fingerprint density at radius 2 is 2.00 bits per heavy atom. The van der Waals surface area contributed by atoms with Crippen LogP contribution < -0.4 is 0 Å². The molecule has 0 radical (unpaired) electrons. The normalized spacial score (nSPS) is 26.8. The first-order chi connectivity index (χ1) is 19.3. The molecule has 2 aromatic carbocycles. The second-order valence-electron chi connectivity index (χ2n) is 11.8.